The molecule has 5 rings (SSSR count). The molecule has 0 amide bonds. The van der Waals surface area contributed by atoms with Crippen LogP contribution in [0.2, 0.25) is 0 Å². The first-order valence-corrected chi connectivity index (χ1v) is 15.0. The number of rotatable bonds is 10. The van der Waals surface area contributed by atoms with Crippen LogP contribution in [0, 0.1) is 5.92 Å². The Labute approximate surface area is 219 Å². The Morgan fingerprint density at radius 3 is 2.54 bits per heavy atom. The lowest BCUT2D eigenvalue weighted by atomic mass is 9.85. The highest BCUT2D eigenvalue weighted by Crippen LogP contribution is 2.38. The van der Waals surface area contributed by atoms with Crippen LogP contribution in [-0.2, 0) is 10.0 Å². The summed E-state index contributed by atoms with van der Waals surface area (Å²) in [4.78, 5) is 6.99. The molecular formula is C27H36N6O3S. The van der Waals surface area contributed by atoms with Gasteiger partial charge in [-0.3, -0.25) is 4.31 Å². The highest BCUT2D eigenvalue weighted by Gasteiger charge is 2.32. The molecule has 37 heavy (non-hydrogen) atoms. The summed E-state index contributed by atoms with van der Waals surface area (Å²) in [5.74, 6) is 2.88. The fourth-order valence-corrected chi connectivity index (χ4v) is 5.42. The molecule has 1 N–H and O–H groups in total. The van der Waals surface area contributed by atoms with E-state index in [-0.39, 0.29) is 12.0 Å². The first kappa shape index (κ1) is 25.7. The number of anilines is 2. The second-order valence-electron chi connectivity index (χ2n) is 10.2. The molecule has 1 aromatic carbocycles. The number of nitrogens with one attached hydrogen (secondary N) is 1. The number of sulfonamides is 1. The molecule has 1 saturated carbocycles. The van der Waals surface area contributed by atoms with E-state index in [0.29, 0.717) is 29.1 Å². The van der Waals surface area contributed by atoms with Crippen LogP contribution >= 0.6 is 0 Å². The van der Waals surface area contributed by atoms with Gasteiger partial charge in [-0.15, -0.1) is 10.2 Å². The Kier molecular flexibility index (Phi) is 7.48. The molecular weight excluding hydrogens is 488 g/mol. The summed E-state index contributed by atoms with van der Waals surface area (Å²) < 4.78 is 32.2. The number of benzene rings is 1. The lowest BCUT2D eigenvalue weighted by Crippen LogP contribution is -2.33. The predicted molar refractivity (Wildman–Crippen MR) is 145 cm³/mol. The minimum Gasteiger partial charge on any atom is -0.419 e. The molecule has 2 unspecified atom stereocenters. The first-order chi connectivity index (χ1) is 17.8. The van der Waals surface area contributed by atoms with Gasteiger partial charge < -0.3 is 14.6 Å². The maximum atomic E-state index is 12.4. The number of hydrogen-bond acceptors (Lipinski definition) is 8. The van der Waals surface area contributed by atoms with Gasteiger partial charge in [0.05, 0.1) is 12.3 Å². The zero-order valence-corrected chi connectivity index (χ0v) is 22.6. The molecule has 2 aromatic heterocycles. The van der Waals surface area contributed by atoms with Crippen LogP contribution in [0.3, 0.4) is 0 Å². The third kappa shape index (κ3) is 5.96. The summed E-state index contributed by atoms with van der Waals surface area (Å²) >= 11 is 0. The third-order valence-corrected chi connectivity index (χ3v) is 8.43. The molecule has 3 heterocycles. The van der Waals surface area contributed by atoms with E-state index in [1.54, 1.807) is 6.07 Å². The summed E-state index contributed by atoms with van der Waals surface area (Å²) in [7, 11) is -1.97. The van der Waals surface area contributed by atoms with Gasteiger partial charge in [-0.05, 0) is 62.3 Å². The summed E-state index contributed by atoms with van der Waals surface area (Å²) in [5.41, 5.74) is 1.91. The second kappa shape index (κ2) is 10.8. The van der Waals surface area contributed by atoms with E-state index in [1.807, 2.05) is 12.1 Å². The first-order valence-electron chi connectivity index (χ1n) is 13.2. The van der Waals surface area contributed by atoms with Crippen molar-refractivity contribution >= 4 is 21.7 Å². The number of piperidine rings is 1. The quantitative estimate of drug-likeness (QED) is 0.417. The van der Waals surface area contributed by atoms with Gasteiger partial charge in [0.2, 0.25) is 21.8 Å². The number of nitrogens with zero attached hydrogens (tertiary/aromatic N) is 5. The Hall–Kier alpha value is -2.98. The Morgan fingerprint density at radius 2 is 1.84 bits per heavy atom. The maximum absolute atomic E-state index is 12.4. The molecule has 0 radical (unpaired) electrons. The standard InChI is InChI=1S/C27H36N6O3S/c1-4-15-33(18-19-12-13-19)24-17-21(16-23(29-24)32(2)37(3,34)35)26-30-31-27(36-26)25-22(11-8-14-28-25)20-9-6-5-7-10-20/h5-7,9-10,16-17,19,22,25,28H,4,8,11-15,18H2,1-3H3. The zero-order chi connectivity index (χ0) is 26.0. The van der Waals surface area contributed by atoms with E-state index >= 15 is 0 Å². The molecule has 3 aromatic rings. The second-order valence-corrected chi connectivity index (χ2v) is 12.2. The fraction of sp³-hybridized carbons (Fsp3) is 0.519. The molecule has 2 aliphatic rings. The van der Waals surface area contributed by atoms with Crippen LogP contribution in [0.4, 0.5) is 11.6 Å². The van der Waals surface area contributed by atoms with E-state index in [4.69, 9.17) is 9.40 Å². The van der Waals surface area contributed by atoms with Crippen LogP contribution in [0.15, 0.2) is 46.9 Å². The molecule has 2 atom stereocenters. The number of hydrogen-bond donors (Lipinski definition) is 1. The van der Waals surface area contributed by atoms with Gasteiger partial charge in [0.25, 0.3) is 0 Å². The van der Waals surface area contributed by atoms with Crippen molar-refractivity contribution in [3.63, 3.8) is 0 Å². The van der Waals surface area contributed by atoms with Crippen molar-refractivity contribution < 1.29 is 12.8 Å². The van der Waals surface area contributed by atoms with Gasteiger partial charge in [0.15, 0.2) is 0 Å². The average molecular weight is 525 g/mol. The molecule has 198 valence electrons. The third-order valence-electron chi connectivity index (χ3n) is 7.25. The number of pyridine rings is 1. The SMILES string of the molecule is CCCN(CC1CC1)c1cc(-c2nnc(C3NCCCC3c3ccccc3)o2)cc(N(C)S(C)(=O)=O)n1. The number of aromatic nitrogens is 3. The largest absolute Gasteiger partial charge is 0.419 e. The molecule has 1 aliphatic heterocycles. The van der Waals surface area contributed by atoms with E-state index < -0.39 is 10.0 Å². The van der Waals surface area contributed by atoms with Gasteiger partial charge in [-0.1, -0.05) is 37.3 Å². The lowest BCUT2D eigenvalue weighted by Gasteiger charge is -2.30. The van der Waals surface area contributed by atoms with Crippen molar-refractivity contribution in [1.82, 2.24) is 20.5 Å². The highest BCUT2D eigenvalue weighted by atomic mass is 32.2. The smallest absolute Gasteiger partial charge is 0.248 e. The zero-order valence-electron chi connectivity index (χ0n) is 21.8. The van der Waals surface area contributed by atoms with E-state index in [9.17, 15) is 8.42 Å². The molecule has 1 saturated heterocycles. The maximum Gasteiger partial charge on any atom is 0.248 e. The van der Waals surface area contributed by atoms with Crippen molar-refractivity contribution in [3.8, 4) is 11.5 Å². The van der Waals surface area contributed by atoms with Crippen LogP contribution in [0.1, 0.15) is 62.4 Å². The molecule has 2 fully saturated rings. The average Bonchev–Trinajstić information content (AvgIpc) is 3.59. The van der Waals surface area contributed by atoms with Gasteiger partial charge in [-0.2, -0.15) is 0 Å². The lowest BCUT2D eigenvalue weighted by molar-refractivity contribution is 0.303. The van der Waals surface area contributed by atoms with Crippen molar-refractivity contribution in [2.45, 2.75) is 51.0 Å². The van der Waals surface area contributed by atoms with Crippen LogP contribution < -0.4 is 14.5 Å². The molecule has 1 aliphatic carbocycles. The predicted octanol–water partition coefficient (Wildman–Crippen LogP) is 4.36. The fourth-order valence-electron chi connectivity index (χ4n) is 4.98. The highest BCUT2D eigenvalue weighted by molar-refractivity contribution is 7.92. The Balaban J connectivity index is 1.51. The van der Waals surface area contributed by atoms with Crippen LogP contribution in [-0.4, -0.2) is 56.5 Å². The molecule has 0 bridgehead atoms. The van der Waals surface area contributed by atoms with Gasteiger partial charge in [-0.25, -0.2) is 13.4 Å². The van der Waals surface area contributed by atoms with Crippen molar-refractivity contribution in [2.24, 2.45) is 5.92 Å². The summed E-state index contributed by atoms with van der Waals surface area (Å²) in [6, 6.07) is 14.0. The normalized spacial score (nSPS) is 20.1. The van der Waals surface area contributed by atoms with Gasteiger partial charge >= 0.3 is 0 Å². The molecule has 9 nitrogen and oxygen atoms in total. The molecule has 0 spiro atoms. The van der Waals surface area contributed by atoms with E-state index in [0.717, 1.165) is 44.7 Å². The van der Waals surface area contributed by atoms with Crippen molar-refractivity contribution in [2.75, 3.05) is 42.1 Å². The monoisotopic (exact) mass is 524 g/mol. The van der Waals surface area contributed by atoms with E-state index in [1.165, 1.54) is 36.0 Å². The van der Waals surface area contributed by atoms with Crippen molar-refractivity contribution in [1.29, 1.82) is 0 Å². The minimum atomic E-state index is -3.49. The summed E-state index contributed by atoms with van der Waals surface area (Å²) in [6.45, 7) is 4.78. The van der Waals surface area contributed by atoms with Gasteiger partial charge in [0.1, 0.15) is 11.6 Å². The minimum absolute atomic E-state index is 0.0803. The molecule has 10 heteroatoms. The van der Waals surface area contributed by atoms with Crippen LogP contribution in [0.25, 0.3) is 11.5 Å². The van der Waals surface area contributed by atoms with E-state index in [2.05, 4.69) is 51.6 Å². The summed E-state index contributed by atoms with van der Waals surface area (Å²) in [6.07, 6.45) is 6.71. The van der Waals surface area contributed by atoms with Gasteiger partial charge in [0, 0.05) is 31.6 Å². The Bertz CT molecular complexity index is 1310. The van der Waals surface area contributed by atoms with Crippen molar-refractivity contribution in [3.05, 3.63) is 53.9 Å². The summed E-state index contributed by atoms with van der Waals surface area (Å²) in [5, 5.41) is 12.4. The Morgan fingerprint density at radius 1 is 1.08 bits per heavy atom. The topological polar surface area (TPSA) is 104 Å². The van der Waals surface area contributed by atoms with Crippen LogP contribution in [0.5, 0.6) is 0 Å².